The van der Waals surface area contributed by atoms with Crippen LogP contribution in [0.4, 0.5) is 0 Å². The normalized spacial score (nSPS) is 12.6. The molecule has 0 bridgehead atoms. The molecule has 0 aliphatic heterocycles. The van der Waals surface area contributed by atoms with E-state index in [-0.39, 0.29) is 26.2 Å². The van der Waals surface area contributed by atoms with Gasteiger partial charge in [0.2, 0.25) is 0 Å². The van der Waals surface area contributed by atoms with Gasteiger partial charge in [-0.25, -0.2) is 0 Å². The van der Waals surface area contributed by atoms with Crippen molar-refractivity contribution in [2.24, 2.45) is 5.41 Å². The molecule has 0 heterocycles. The topological polar surface area (TPSA) is 17.1 Å². The number of carbonyl (C=O) groups is 1. The standard InChI is InChI=1S/C14H18OSe/c1-5-12(13(15)14(2,3)4)16-11-9-7-6-8-10-11/h5-10H,1-4H3/b12-5-. The number of hydrogen-bond acceptors (Lipinski definition) is 1. The number of Topliss-reactive ketones (excluding diaryl/α,β-unsaturated/α-hetero) is 1. The molecule has 0 unspecified atom stereocenters. The monoisotopic (exact) mass is 282 g/mol. The molecular weight excluding hydrogens is 263 g/mol. The molecular formula is C14H18OSe. The molecule has 0 aliphatic carbocycles. The van der Waals surface area contributed by atoms with Crippen LogP contribution in [0.5, 0.6) is 0 Å². The third-order valence-electron chi connectivity index (χ3n) is 2.14. The number of allylic oxidation sites excluding steroid dienone is 2. The summed E-state index contributed by atoms with van der Waals surface area (Å²) in [7, 11) is 0. The van der Waals surface area contributed by atoms with Gasteiger partial charge in [0.05, 0.1) is 0 Å². The van der Waals surface area contributed by atoms with Crippen LogP contribution in [0.3, 0.4) is 0 Å². The van der Waals surface area contributed by atoms with Gasteiger partial charge >= 0.3 is 104 Å². The van der Waals surface area contributed by atoms with Crippen LogP contribution in [0.2, 0.25) is 0 Å². The van der Waals surface area contributed by atoms with E-state index < -0.39 is 0 Å². The van der Waals surface area contributed by atoms with Crippen molar-refractivity contribution in [3.8, 4) is 0 Å². The zero-order valence-corrected chi connectivity index (χ0v) is 12.0. The molecule has 16 heavy (non-hydrogen) atoms. The first kappa shape index (κ1) is 13.2. The third-order valence-corrected chi connectivity index (χ3v) is 4.55. The first-order valence-electron chi connectivity index (χ1n) is 5.39. The molecule has 1 aromatic rings. The van der Waals surface area contributed by atoms with Gasteiger partial charge in [-0.15, -0.1) is 0 Å². The molecule has 2 heteroatoms. The van der Waals surface area contributed by atoms with Crippen LogP contribution in [0, 0.1) is 5.41 Å². The summed E-state index contributed by atoms with van der Waals surface area (Å²) < 4.78 is 2.21. The summed E-state index contributed by atoms with van der Waals surface area (Å²) in [4.78, 5) is 12.1. The molecule has 0 amide bonds. The van der Waals surface area contributed by atoms with Crippen molar-refractivity contribution in [2.75, 3.05) is 0 Å². The third kappa shape index (κ3) is 3.62. The first-order valence-corrected chi connectivity index (χ1v) is 7.10. The predicted octanol–water partition coefficient (Wildman–Crippen LogP) is 2.54. The Hall–Kier alpha value is -0.851. The van der Waals surface area contributed by atoms with Crippen LogP contribution in [0.15, 0.2) is 40.9 Å². The summed E-state index contributed by atoms with van der Waals surface area (Å²) >= 11 is 0.125. The SMILES string of the molecule is C/C=C(\[Se]c1ccccc1)C(=O)C(C)(C)C. The summed E-state index contributed by atoms with van der Waals surface area (Å²) in [6.07, 6.45) is 1.96. The van der Waals surface area contributed by atoms with E-state index in [0.29, 0.717) is 0 Å². The molecule has 0 aliphatic rings. The van der Waals surface area contributed by atoms with Gasteiger partial charge in [0.15, 0.2) is 0 Å². The number of hydrogen-bond donors (Lipinski definition) is 0. The molecule has 0 radical (unpaired) electrons. The number of benzene rings is 1. The molecule has 86 valence electrons. The molecule has 0 saturated heterocycles. The number of ketones is 1. The van der Waals surface area contributed by atoms with Crippen molar-refractivity contribution in [1.82, 2.24) is 0 Å². The molecule has 0 atom stereocenters. The quantitative estimate of drug-likeness (QED) is 0.614. The van der Waals surface area contributed by atoms with Crippen molar-refractivity contribution < 1.29 is 4.79 Å². The van der Waals surface area contributed by atoms with Gasteiger partial charge in [-0.3, -0.25) is 0 Å². The molecule has 0 aromatic heterocycles. The maximum absolute atomic E-state index is 12.1. The van der Waals surface area contributed by atoms with Crippen LogP contribution in [-0.2, 0) is 4.79 Å². The fourth-order valence-electron chi connectivity index (χ4n) is 1.22. The van der Waals surface area contributed by atoms with Gasteiger partial charge in [-0.1, -0.05) is 0 Å². The van der Waals surface area contributed by atoms with Gasteiger partial charge in [0, 0.05) is 0 Å². The Morgan fingerprint density at radius 1 is 1.19 bits per heavy atom. The fourth-order valence-corrected chi connectivity index (χ4v) is 3.45. The number of rotatable bonds is 3. The minimum absolute atomic E-state index is 0.125. The Balaban J connectivity index is 2.83. The zero-order chi connectivity index (χ0) is 12.2. The van der Waals surface area contributed by atoms with Crippen molar-refractivity contribution in [1.29, 1.82) is 0 Å². The van der Waals surface area contributed by atoms with E-state index in [4.69, 9.17) is 0 Å². The van der Waals surface area contributed by atoms with E-state index in [1.165, 1.54) is 4.46 Å². The van der Waals surface area contributed by atoms with Gasteiger partial charge in [0.1, 0.15) is 0 Å². The van der Waals surface area contributed by atoms with Crippen LogP contribution in [0.25, 0.3) is 0 Å². The second-order valence-corrected chi connectivity index (χ2v) is 6.99. The fraction of sp³-hybridized carbons (Fsp3) is 0.357. The molecule has 0 N–H and O–H groups in total. The minimum atomic E-state index is -0.279. The summed E-state index contributed by atoms with van der Waals surface area (Å²) in [5.41, 5.74) is -0.279. The van der Waals surface area contributed by atoms with Crippen LogP contribution in [0.1, 0.15) is 27.7 Å². The van der Waals surface area contributed by atoms with Crippen LogP contribution in [-0.4, -0.2) is 20.7 Å². The van der Waals surface area contributed by atoms with Crippen LogP contribution < -0.4 is 4.46 Å². The van der Waals surface area contributed by atoms with E-state index in [2.05, 4.69) is 12.1 Å². The van der Waals surface area contributed by atoms with Gasteiger partial charge in [-0.2, -0.15) is 0 Å². The maximum atomic E-state index is 12.1. The molecule has 1 nitrogen and oxygen atoms in total. The second-order valence-electron chi connectivity index (χ2n) is 4.65. The zero-order valence-electron chi connectivity index (χ0n) is 10.3. The van der Waals surface area contributed by atoms with Crippen molar-refractivity contribution in [3.05, 3.63) is 40.9 Å². The Bertz CT molecular complexity index is 385. The van der Waals surface area contributed by atoms with Gasteiger partial charge < -0.3 is 0 Å². The van der Waals surface area contributed by atoms with Crippen molar-refractivity contribution in [3.63, 3.8) is 0 Å². The Morgan fingerprint density at radius 2 is 1.75 bits per heavy atom. The summed E-state index contributed by atoms with van der Waals surface area (Å²) in [5.74, 6) is 0.263. The molecule has 0 saturated carbocycles. The van der Waals surface area contributed by atoms with Crippen molar-refractivity contribution >= 4 is 25.2 Å². The number of carbonyl (C=O) groups excluding carboxylic acids is 1. The van der Waals surface area contributed by atoms with E-state index in [0.717, 1.165) is 4.47 Å². The summed E-state index contributed by atoms with van der Waals surface area (Å²) in [6, 6.07) is 10.2. The first-order chi connectivity index (χ1) is 7.45. The molecule has 0 fully saturated rings. The van der Waals surface area contributed by atoms with Crippen molar-refractivity contribution in [2.45, 2.75) is 27.7 Å². The van der Waals surface area contributed by atoms with Gasteiger partial charge in [-0.05, 0) is 0 Å². The molecule has 1 aromatic carbocycles. The van der Waals surface area contributed by atoms with E-state index in [1.807, 2.05) is 52.0 Å². The van der Waals surface area contributed by atoms with E-state index in [1.54, 1.807) is 0 Å². The second kappa shape index (κ2) is 5.47. The summed E-state index contributed by atoms with van der Waals surface area (Å²) in [5, 5.41) is 0. The summed E-state index contributed by atoms with van der Waals surface area (Å²) in [6.45, 7) is 7.86. The van der Waals surface area contributed by atoms with E-state index >= 15 is 0 Å². The average molecular weight is 281 g/mol. The van der Waals surface area contributed by atoms with Gasteiger partial charge in [0.25, 0.3) is 0 Å². The molecule has 0 spiro atoms. The van der Waals surface area contributed by atoms with E-state index in [9.17, 15) is 4.79 Å². The predicted molar refractivity (Wildman–Crippen MR) is 70.0 cm³/mol. The Kier molecular flexibility index (Phi) is 4.52. The molecule has 1 rings (SSSR count). The Morgan fingerprint density at radius 3 is 2.19 bits per heavy atom. The van der Waals surface area contributed by atoms with Crippen LogP contribution >= 0.6 is 0 Å². The average Bonchev–Trinajstić information content (AvgIpc) is 2.25. The Labute approximate surface area is 104 Å².